The van der Waals surface area contributed by atoms with Crippen molar-refractivity contribution in [1.82, 2.24) is 0 Å². The summed E-state index contributed by atoms with van der Waals surface area (Å²) in [5, 5.41) is 2.87. The number of halogens is 2. The normalized spacial score (nSPS) is 11.0. The first kappa shape index (κ1) is 16.8. The first-order chi connectivity index (χ1) is 10.2. The Morgan fingerprint density at radius 1 is 1.14 bits per heavy atom. The highest BCUT2D eigenvalue weighted by Crippen LogP contribution is 2.23. The summed E-state index contributed by atoms with van der Waals surface area (Å²) in [5.74, 6) is -0.381. The Morgan fingerprint density at radius 2 is 1.86 bits per heavy atom. The first-order valence-electron chi connectivity index (χ1n) is 6.09. The molecule has 116 valence electrons. The Balaban J connectivity index is 2.20. The second-order valence-electron chi connectivity index (χ2n) is 4.53. The summed E-state index contributed by atoms with van der Waals surface area (Å²) < 4.78 is 25.5. The molecule has 0 atom stereocenters. The molecule has 22 heavy (non-hydrogen) atoms. The second-order valence-corrected chi connectivity index (χ2v) is 7.60. The van der Waals surface area contributed by atoms with Gasteiger partial charge in [0.25, 0.3) is 5.91 Å². The van der Waals surface area contributed by atoms with Crippen molar-refractivity contribution >= 4 is 54.8 Å². The van der Waals surface area contributed by atoms with Crippen LogP contribution in [0.2, 0.25) is 5.02 Å². The molecule has 0 aromatic heterocycles. The van der Waals surface area contributed by atoms with Crippen molar-refractivity contribution in [1.29, 1.82) is 0 Å². The molecule has 0 radical (unpaired) electrons. The Kier molecular flexibility index (Phi) is 5.10. The summed E-state index contributed by atoms with van der Waals surface area (Å²) in [5.41, 5.74) is 1.17. The lowest BCUT2D eigenvalue weighted by molar-refractivity contribution is 0.102. The fourth-order valence-corrected chi connectivity index (χ4v) is 2.96. The van der Waals surface area contributed by atoms with E-state index in [9.17, 15) is 13.2 Å². The zero-order chi connectivity index (χ0) is 16.3. The molecule has 8 heteroatoms. The van der Waals surface area contributed by atoms with Crippen LogP contribution < -0.4 is 10.0 Å². The number of carbonyl (C=O) groups is 1. The molecule has 0 unspecified atom stereocenters. The standard InChI is InChI=1S/C14H12BrClN2O3S/c1-22(20,21)18-11-5-6-12(13(16)8-11)14(19)17-10-4-2-3-9(15)7-10/h2-8,18H,1H3,(H,17,19). The van der Waals surface area contributed by atoms with Crippen LogP contribution in [0.5, 0.6) is 0 Å². The maximum absolute atomic E-state index is 12.2. The van der Waals surface area contributed by atoms with E-state index in [0.29, 0.717) is 11.4 Å². The van der Waals surface area contributed by atoms with Crippen molar-refractivity contribution in [3.63, 3.8) is 0 Å². The smallest absolute Gasteiger partial charge is 0.257 e. The van der Waals surface area contributed by atoms with E-state index in [1.54, 1.807) is 18.2 Å². The third-order valence-corrected chi connectivity index (χ3v) is 4.01. The highest BCUT2D eigenvalue weighted by atomic mass is 79.9. The number of hydrogen-bond donors (Lipinski definition) is 2. The predicted octanol–water partition coefficient (Wildman–Crippen LogP) is 3.73. The monoisotopic (exact) mass is 402 g/mol. The molecule has 5 nitrogen and oxygen atoms in total. The lowest BCUT2D eigenvalue weighted by Gasteiger charge is -2.09. The molecule has 2 aromatic rings. The van der Waals surface area contributed by atoms with E-state index in [1.165, 1.54) is 18.2 Å². The zero-order valence-corrected chi connectivity index (χ0v) is 14.6. The van der Waals surface area contributed by atoms with Gasteiger partial charge < -0.3 is 5.32 Å². The Morgan fingerprint density at radius 3 is 2.45 bits per heavy atom. The highest BCUT2D eigenvalue weighted by Gasteiger charge is 2.12. The van der Waals surface area contributed by atoms with E-state index >= 15 is 0 Å². The largest absolute Gasteiger partial charge is 0.322 e. The number of hydrogen-bond acceptors (Lipinski definition) is 3. The van der Waals surface area contributed by atoms with Gasteiger partial charge >= 0.3 is 0 Å². The number of rotatable bonds is 4. The number of carbonyl (C=O) groups excluding carboxylic acids is 1. The molecule has 0 aliphatic rings. The van der Waals surface area contributed by atoms with Gasteiger partial charge in [-0.15, -0.1) is 0 Å². The van der Waals surface area contributed by atoms with Gasteiger partial charge in [0.05, 0.1) is 16.8 Å². The minimum absolute atomic E-state index is 0.154. The molecule has 2 aromatic carbocycles. The topological polar surface area (TPSA) is 75.3 Å². The van der Waals surface area contributed by atoms with Crippen LogP contribution in [0.3, 0.4) is 0 Å². The summed E-state index contributed by atoms with van der Waals surface area (Å²) in [7, 11) is -3.39. The molecule has 2 rings (SSSR count). The molecule has 1 amide bonds. The van der Waals surface area contributed by atoms with Crippen LogP contribution in [0.1, 0.15) is 10.4 Å². The van der Waals surface area contributed by atoms with Gasteiger partial charge in [0.1, 0.15) is 0 Å². The van der Waals surface area contributed by atoms with Crippen molar-refractivity contribution in [2.24, 2.45) is 0 Å². The van der Waals surface area contributed by atoms with Gasteiger partial charge in [-0.2, -0.15) is 0 Å². The number of amides is 1. The van der Waals surface area contributed by atoms with Crippen molar-refractivity contribution in [3.8, 4) is 0 Å². The second kappa shape index (κ2) is 6.68. The number of benzene rings is 2. The molecule has 0 heterocycles. The van der Waals surface area contributed by atoms with Crippen LogP contribution >= 0.6 is 27.5 Å². The van der Waals surface area contributed by atoms with Crippen LogP contribution in [-0.4, -0.2) is 20.6 Å². The summed E-state index contributed by atoms with van der Waals surface area (Å²) >= 11 is 9.36. The van der Waals surface area contributed by atoms with E-state index in [2.05, 4.69) is 26.0 Å². The Labute approximate surface area is 141 Å². The van der Waals surface area contributed by atoms with E-state index < -0.39 is 10.0 Å². The van der Waals surface area contributed by atoms with Gasteiger partial charge in [-0.25, -0.2) is 8.42 Å². The molecular formula is C14H12BrClN2O3S. The highest BCUT2D eigenvalue weighted by molar-refractivity contribution is 9.10. The third kappa shape index (κ3) is 4.72. The third-order valence-electron chi connectivity index (χ3n) is 2.60. The molecule has 0 bridgehead atoms. The van der Waals surface area contributed by atoms with E-state index in [-0.39, 0.29) is 16.5 Å². The summed E-state index contributed by atoms with van der Waals surface area (Å²) in [6, 6.07) is 11.5. The average Bonchev–Trinajstić information content (AvgIpc) is 2.36. The molecule has 0 saturated carbocycles. The minimum Gasteiger partial charge on any atom is -0.322 e. The molecule has 0 aliphatic carbocycles. The lowest BCUT2D eigenvalue weighted by atomic mass is 10.2. The van der Waals surface area contributed by atoms with Gasteiger partial charge in [-0.3, -0.25) is 9.52 Å². The summed E-state index contributed by atoms with van der Waals surface area (Å²) in [6.07, 6.45) is 1.04. The number of sulfonamides is 1. The molecular weight excluding hydrogens is 392 g/mol. The van der Waals surface area contributed by atoms with Crippen LogP contribution in [-0.2, 0) is 10.0 Å². The molecule has 0 spiro atoms. The molecule has 0 aliphatic heterocycles. The Bertz CT molecular complexity index is 825. The number of nitrogens with one attached hydrogen (secondary N) is 2. The van der Waals surface area contributed by atoms with Crippen molar-refractivity contribution in [3.05, 3.63) is 57.5 Å². The quantitative estimate of drug-likeness (QED) is 0.817. The van der Waals surface area contributed by atoms with E-state index in [4.69, 9.17) is 11.6 Å². The average molecular weight is 404 g/mol. The van der Waals surface area contributed by atoms with Crippen molar-refractivity contribution in [2.45, 2.75) is 0 Å². The van der Waals surface area contributed by atoms with Gasteiger partial charge in [-0.1, -0.05) is 33.6 Å². The van der Waals surface area contributed by atoms with Gasteiger partial charge in [-0.05, 0) is 36.4 Å². The SMILES string of the molecule is CS(=O)(=O)Nc1ccc(C(=O)Nc2cccc(Br)c2)c(Cl)c1. The van der Waals surface area contributed by atoms with E-state index in [1.807, 2.05) is 6.07 Å². The van der Waals surface area contributed by atoms with Gasteiger partial charge in [0.15, 0.2) is 0 Å². The zero-order valence-electron chi connectivity index (χ0n) is 11.4. The predicted molar refractivity (Wildman–Crippen MR) is 92.0 cm³/mol. The van der Waals surface area contributed by atoms with Crippen LogP contribution in [0.4, 0.5) is 11.4 Å². The summed E-state index contributed by atoms with van der Waals surface area (Å²) in [6.45, 7) is 0. The fourth-order valence-electron chi connectivity index (χ4n) is 1.74. The van der Waals surface area contributed by atoms with E-state index in [0.717, 1.165) is 10.7 Å². The lowest BCUT2D eigenvalue weighted by Crippen LogP contribution is -2.13. The molecule has 0 fully saturated rings. The Hall–Kier alpha value is -1.57. The van der Waals surface area contributed by atoms with Gasteiger partial charge in [0, 0.05) is 15.8 Å². The van der Waals surface area contributed by atoms with Crippen LogP contribution in [0.25, 0.3) is 0 Å². The van der Waals surface area contributed by atoms with Crippen molar-refractivity contribution in [2.75, 3.05) is 16.3 Å². The minimum atomic E-state index is -3.39. The van der Waals surface area contributed by atoms with Gasteiger partial charge in [0.2, 0.25) is 10.0 Å². The molecule has 0 saturated heterocycles. The first-order valence-corrected chi connectivity index (χ1v) is 9.15. The molecule has 2 N–H and O–H groups in total. The number of anilines is 2. The fraction of sp³-hybridized carbons (Fsp3) is 0.0714. The maximum Gasteiger partial charge on any atom is 0.257 e. The van der Waals surface area contributed by atoms with Crippen LogP contribution in [0.15, 0.2) is 46.9 Å². The summed E-state index contributed by atoms with van der Waals surface area (Å²) in [4.78, 5) is 12.2. The van der Waals surface area contributed by atoms with Crippen molar-refractivity contribution < 1.29 is 13.2 Å². The maximum atomic E-state index is 12.2. The van der Waals surface area contributed by atoms with Crippen LogP contribution in [0, 0.1) is 0 Å².